The highest BCUT2D eigenvalue weighted by Crippen LogP contribution is 2.33. The Morgan fingerprint density at radius 2 is 2.16 bits per heavy atom. The highest BCUT2D eigenvalue weighted by Gasteiger charge is 2.27. The fraction of sp³-hybridized carbons (Fsp3) is 0.368. The monoisotopic (exact) mass is 345 g/mol. The molecule has 6 heteroatoms. The summed E-state index contributed by atoms with van der Waals surface area (Å²) < 4.78 is 27.4. The fourth-order valence-corrected chi connectivity index (χ4v) is 3.29. The smallest absolute Gasteiger partial charge is 0.217 e. The third-order valence-electron chi connectivity index (χ3n) is 4.49. The summed E-state index contributed by atoms with van der Waals surface area (Å²) >= 11 is 0. The lowest BCUT2D eigenvalue weighted by Crippen LogP contribution is -2.24. The van der Waals surface area contributed by atoms with Crippen LogP contribution in [0.2, 0.25) is 0 Å². The number of hydrogen-bond donors (Lipinski definition) is 1. The first-order valence-electron chi connectivity index (χ1n) is 8.40. The number of carbonyl (C=O) groups is 1. The van der Waals surface area contributed by atoms with E-state index in [1.807, 2.05) is 12.1 Å². The second-order valence-electron chi connectivity index (χ2n) is 6.35. The molecular weight excluding hydrogens is 324 g/mol. The molecule has 0 unspecified atom stereocenters. The normalized spacial score (nSPS) is 17.6. The molecule has 1 atom stereocenters. The number of halogens is 2. The zero-order valence-electron chi connectivity index (χ0n) is 14.1. The number of pyridine rings is 1. The van der Waals surface area contributed by atoms with Gasteiger partial charge in [-0.2, -0.15) is 0 Å². The van der Waals surface area contributed by atoms with Crippen LogP contribution in [0.5, 0.6) is 0 Å². The van der Waals surface area contributed by atoms with Crippen molar-refractivity contribution in [3.63, 3.8) is 0 Å². The first-order valence-corrected chi connectivity index (χ1v) is 8.40. The van der Waals surface area contributed by atoms with Gasteiger partial charge in [0, 0.05) is 31.3 Å². The van der Waals surface area contributed by atoms with Crippen molar-refractivity contribution in [2.45, 2.75) is 38.9 Å². The van der Waals surface area contributed by atoms with Gasteiger partial charge < -0.3 is 5.32 Å². The topological polar surface area (TPSA) is 45.2 Å². The maximum absolute atomic E-state index is 13.9. The number of aromatic nitrogens is 1. The molecule has 2 aromatic rings. The minimum absolute atomic E-state index is 0.101. The Kier molecular flexibility index (Phi) is 5.38. The Morgan fingerprint density at radius 1 is 1.32 bits per heavy atom. The van der Waals surface area contributed by atoms with Crippen molar-refractivity contribution in [3.8, 4) is 0 Å². The van der Waals surface area contributed by atoms with Crippen molar-refractivity contribution in [1.82, 2.24) is 15.2 Å². The van der Waals surface area contributed by atoms with Crippen LogP contribution >= 0.6 is 0 Å². The lowest BCUT2D eigenvalue weighted by molar-refractivity contribution is -0.119. The molecule has 1 aromatic heterocycles. The minimum atomic E-state index is -0.423. The van der Waals surface area contributed by atoms with Crippen molar-refractivity contribution in [2.24, 2.45) is 0 Å². The van der Waals surface area contributed by atoms with Crippen molar-refractivity contribution in [2.75, 3.05) is 6.54 Å². The molecule has 0 saturated carbocycles. The maximum Gasteiger partial charge on any atom is 0.217 e. The van der Waals surface area contributed by atoms with Crippen LogP contribution in [0.4, 0.5) is 8.78 Å². The summed E-state index contributed by atoms with van der Waals surface area (Å²) in [5.74, 6) is -0.905. The van der Waals surface area contributed by atoms with Gasteiger partial charge in [0.05, 0.1) is 12.2 Å². The average molecular weight is 345 g/mol. The molecule has 2 heterocycles. The Morgan fingerprint density at radius 3 is 2.96 bits per heavy atom. The van der Waals surface area contributed by atoms with E-state index >= 15 is 0 Å². The predicted octanol–water partition coefficient (Wildman–Crippen LogP) is 3.33. The van der Waals surface area contributed by atoms with Crippen LogP contribution in [0.15, 0.2) is 36.5 Å². The Labute approximate surface area is 145 Å². The second kappa shape index (κ2) is 7.70. The molecule has 132 valence electrons. The van der Waals surface area contributed by atoms with Gasteiger partial charge in [0.25, 0.3) is 0 Å². The number of benzene rings is 1. The third-order valence-corrected chi connectivity index (χ3v) is 4.49. The van der Waals surface area contributed by atoms with Gasteiger partial charge in [-0.1, -0.05) is 0 Å². The van der Waals surface area contributed by atoms with E-state index in [1.54, 1.807) is 6.20 Å². The molecule has 1 aliphatic rings. The van der Waals surface area contributed by atoms with Crippen LogP contribution in [0.25, 0.3) is 0 Å². The summed E-state index contributed by atoms with van der Waals surface area (Å²) in [7, 11) is 0. The molecular formula is C19H21F2N3O. The fourth-order valence-electron chi connectivity index (χ4n) is 3.29. The van der Waals surface area contributed by atoms with E-state index in [0.717, 1.165) is 36.7 Å². The second-order valence-corrected chi connectivity index (χ2v) is 6.35. The van der Waals surface area contributed by atoms with E-state index in [2.05, 4.69) is 15.2 Å². The molecule has 3 rings (SSSR count). The lowest BCUT2D eigenvalue weighted by atomic mass is 10.0. The van der Waals surface area contributed by atoms with E-state index in [4.69, 9.17) is 0 Å². The largest absolute Gasteiger partial charge is 0.351 e. The predicted molar refractivity (Wildman–Crippen MR) is 90.5 cm³/mol. The molecule has 25 heavy (non-hydrogen) atoms. The number of nitrogens with zero attached hydrogens (tertiary/aromatic N) is 2. The summed E-state index contributed by atoms with van der Waals surface area (Å²) in [6.45, 7) is 3.06. The number of nitrogens with one attached hydrogen (secondary N) is 1. The molecule has 0 bridgehead atoms. The number of hydrogen-bond acceptors (Lipinski definition) is 3. The van der Waals surface area contributed by atoms with Crippen LogP contribution in [-0.2, 0) is 17.9 Å². The van der Waals surface area contributed by atoms with Gasteiger partial charge in [0.1, 0.15) is 11.6 Å². The van der Waals surface area contributed by atoms with Crippen molar-refractivity contribution in [1.29, 1.82) is 0 Å². The summed E-state index contributed by atoms with van der Waals surface area (Å²) in [6, 6.07) is 7.63. The Hall–Kier alpha value is -2.34. The standard InChI is InChI=1S/C19H21F2N3O/c1-13(25)23-11-17-10-14(6-7-22-17)19-3-2-8-24(19)12-15-9-16(20)4-5-18(15)21/h4-7,9-10,19H,2-3,8,11-12H2,1H3,(H,23,25)/t19-/m1/s1. The van der Waals surface area contributed by atoms with Gasteiger partial charge in [-0.15, -0.1) is 0 Å². The van der Waals surface area contributed by atoms with Crippen LogP contribution in [0, 0.1) is 11.6 Å². The van der Waals surface area contributed by atoms with E-state index in [0.29, 0.717) is 18.7 Å². The molecule has 4 nitrogen and oxygen atoms in total. The molecule has 1 amide bonds. The quantitative estimate of drug-likeness (QED) is 0.904. The first-order chi connectivity index (χ1) is 12.0. The molecule has 1 saturated heterocycles. The first kappa shape index (κ1) is 17.5. The van der Waals surface area contributed by atoms with Crippen LogP contribution in [-0.4, -0.2) is 22.3 Å². The number of amides is 1. The van der Waals surface area contributed by atoms with Gasteiger partial charge in [-0.3, -0.25) is 14.7 Å². The Balaban J connectivity index is 1.76. The average Bonchev–Trinajstić information content (AvgIpc) is 3.05. The summed E-state index contributed by atoms with van der Waals surface area (Å²) in [5.41, 5.74) is 2.25. The zero-order chi connectivity index (χ0) is 17.8. The minimum Gasteiger partial charge on any atom is -0.351 e. The summed E-state index contributed by atoms with van der Waals surface area (Å²) in [5, 5.41) is 2.74. The summed E-state index contributed by atoms with van der Waals surface area (Å²) in [4.78, 5) is 17.5. The van der Waals surface area contributed by atoms with Crippen LogP contribution < -0.4 is 5.32 Å². The lowest BCUT2D eigenvalue weighted by Gasteiger charge is -2.25. The van der Waals surface area contributed by atoms with Crippen LogP contribution in [0.3, 0.4) is 0 Å². The number of carbonyl (C=O) groups excluding carboxylic acids is 1. The molecule has 1 fully saturated rings. The highest BCUT2D eigenvalue weighted by molar-refractivity contribution is 5.72. The van der Waals surface area contributed by atoms with Crippen molar-refractivity contribution < 1.29 is 13.6 Å². The third kappa shape index (κ3) is 4.39. The van der Waals surface area contributed by atoms with Crippen molar-refractivity contribution >= 4 is 5.91 Å². The molecule has 0 spiro atoms. The zero-order valence-corrected chi connectivity index (χ0v) is 14.1. The van der Waals surface area contributed by atoms with E-state index in [-0.39, 0.29) is 17.8 Å². The van der Waals surface area contributed by atoms with Gasteiger partial charge >= 0.3 is 0 Å². The molecule has 1 aromatic carbocycles. The van der Waals surface area contributed by atoms with Crippen molar-refractivity contribution in [3.05, 3.63) is 65.0 Å². The van der Waals surface area contributed by atoms with Crippen LogP contribution in [0.1, 0.15) is 42.6 Å². The van der Waals surface area contributed by atoms with E-state index in [9.17, 15) is 13.6 Å². The maximum atomic E-state index is 13.9. The molecule has 1 aliphatic heterocycles. The van der Waals surface area contributed by atoms with Gasteiger partial charge in [0.15, 0.2) is 0 Å². The molecule has 1 N–H and O–H groups in total. The molecule has 0 aliphatic carbocycles. The van der Waals surface area contributed by atoms with Gasteiger partial charge in [-0.25, -0.2) is 8.78 Å². The number of rotatable bonds is 5. The van der Waals surface area contributed by atoms with Gasteiger partial charge in [0.2, 0.25) is 5.91 Å². The number of likely N-dealkylation sites (tertiary alicyclic amines) is 1. The summed E-state index contributed by atoms with van der Waals surface area (Å²) in [6.07, 6.45) is 3.69. The van der Waals surface area contributed by atoms with E-state index in [1.165, 1.54) is 19.1 Å². The molecule has 0 radical (unpaired) electrons. The SMILES string of the molecule is CC(=O)NCc1cc([C@H]2CCCN2Cc2cc(F)ccc2F)ccn1. The highest BCUT2D eigenvalue weighted by atomic mass is 19.1. The Bertz CT molecular complexity index is 766. The van der Waals surface area contributed by atoms with E-state index < -0.39 is 5.82 Å². The van der Waals surface area contributed by atoms with Gasteiger partial charge in [-0.05, 0) is 55.3 Å².